The van der Waals surface area contributed by atoms with E-state index in [2.05, 4.69) is 134 Å². The van der Waals surface area contributed by atoms with Gasteiger partial charge in [-0.15, -0.1) is 29.7 Å². The molecule has 86 heavy (non-hydrogen) atoms. The first-order chi connectivity index (χ1) is 47.0. The number of imidazole rings is 1. The third-order valence-electron chi connectivity index (χ3n) is 16.3. The molecule has 0 radical (unpaired) electrons. The van der Waals surface area contributed by atoms with E-state index in [4.69, 9.17) is 24.8 Å². The van der Waals surface area contributed by atoms with Gasteiger partial charge in [0.2, 0.25) is 0 Å². The van der Waals surface area contributed by atoms with E-state index >= 15 is 0 Å². The van der Waals surface area contributed by atoms with Crippen LogP contribution in [0.15, 0.2) is 297 Å². The Bertz CT molecular complexity index is 5620. The maximum atomic E-state index is 9.28. The molecule has 1 aliphatic rings. The number of hydrogen-bond donors (Lipinski definition) is 0. The van der Waals surface area contributed by atoms with Gasteiger partial charge >= 0.3 is 0 Å². The fourth-order valence-electron chi connectivity index (χ4n) is 12.7. The van der Waals surface area contributed by atoms with Gasteiger partial charge in [-0.25, -0.2) is 4.98 Å². The fourth-order valence-corrected chi connectivity index (χ4v) is 17.4. The zero-order chi connectivity index (χ0) is 66.8. The summed E-state index contributed by atoms with van der Waals surface area (Å²) in [5, 5.41) is 6.10. The van der Waals surface area contributed by atoms with Crippen molar-refractivity contribution in [1.82, 2.24) is 14.1 Å². The number of ether oxygens (including phenoxy) is 1. The summed E-state index contributed by atoms with van der Waals surface area (Å²) in [5.41, 5.74) is 9.66. The molecule has 15 aromatic rings. The number of aryl methyl sites for hydroxylation is 1. The van der Waals surface area contributed by atoms with Gasteiger partial charge in [-0.3, -0.25) is 4.57 Å². The van der Waals surface area contributed by atoms with Crippen molar-refractivity contribution in [2.45, 2.75) is 6.85 Å². The summed E-state index contributed by atoms with van der Waals surface area (Å²) in [7, 11) is -3.12. The van der Waals surface area contributed by atoms with Gasteiger partial charge in [-0.1, -0.05) is 254 Å². The maximum Gasteiger partial charge on any atom is 0.268 e. The van der Waals surface area contributed by atoms with E-state index in [1.165, 1.54) is 18.3 Å². The van der Waals surface area contributed by atoms with E-state index in [9.17, 15) is 1.37 Å². The summed E-state index contributed by atoms with van der Waals surface area (Å²) < 4.78 is 118. The van der Waals surface area contributed by atoms with E-state index in [1.807, 2.05) is 117 Å². The minimum absolute atomic E-state index is 0. The Kier molecular flexibility index (Phi) is 10.3. The van der Waals surface area contributed by atoms with Crippen LogP contribution in [-0.2, 0) is 21.1 Å². The Morgan fingerprint density at radius 1 is 0.465 bits per heavy atom. The van der Waals surface area contributed by atoms with Gasteiger partial charge in [0.1, 0.15) is 5.82 Å². The molecule has 0 saturated carbocycles. The normalized spacial score (nSPS) is 13.8. The van der Waals surface area contributed by atoms with E-state index < -0.39 is 45.1 Å². The molecule has 0 fully saturated rings. The second kappa shape index (κ2) is 21.7. The van der Waals surface area contributed by atoms with Crippen LogP contribution in [0.2, 0.25) is 0 Å². The van der Waals surface area contributed by atoms with Crippen LogP contribution in [0.4, 0.5) is 0 Å². The average molecular weight is 1310 g/mol. The number of benzene rings is 12. The molecule has 0 unspecified atom stereocenters. The van der Waals surface area contributed by atoms with Gasteiger partial charge in [0.15, 0.2) is 8.07 Å². The van der Waals surface area contributed by atoms with Gasteiger partial charge in [-0.05, 0) is 106 Å². The Labute approximate surface area is 532 Å². The predicted octanol–water partition coefficient (Wildman–Crippen LogP) is 15.9. The summed E-state index contributed by atoms with van der Waals surface area (Å²) in [6.07, 6.45) is 5.00. The Morgan fingerprint density at radius 3 is 1.74 bits per heavy atom. The Morgan fingerprint density at radius 2 is 1.05 bits per heavy atom. The molecule has 16 rings (SSSR count). The van der Waals surface area contributed by atoms with Crippen molar-refractivity contribution < 1.29 is 46.8 Å². The molecule has 0 bridgehead atoms. The molecule has 4 heterocycles. The number of nitrogens with zero attached hydrogens (tertiary/aromatic N) is 4. The summed E-state index contributed by atoms with van der Waals surface area (Å²) in [6, 6.07) is 81.9. The Balaban J connectivity index is 0.00000784. The molecule has 0 saturated heterocycles. The molecule has 1 aliphatic heterocycles. The van der Waals surface area contributed by atoms with E-state index in [-0.39, 0.29) is 73.5 Å². The summed E-state index contributed by atoms with van der Waals surface area (Å²) >= 11 is 0. The first-order valence-corrected chi connectivity index (χ1v) is 29.9. The van der Waals surface area contributed by atoms with Gasteiger partial charge in [-0.2, -0.15) is 18.2 Å². The summed E-state index contributed by atoms with van der Waals surface area (Å²) in [4.78, 5) is 4.92. The number of fused-ring (bicyclic) bond motifs is 10. The molecule has 3 aromatic heterocycles. The second-order valence-corrected chi connectivity index (χ2v) is 24.7. The van der Waals surface area contributed by atoms with Gasteiger partial charge in [0, 0.05) is 54.0 Å². The van der Waals surface area contributed by atoms with Crippen molar-refractivity contribution in [1.29, 1.82) is 0 Å². The molecule has 0 aliphatic carbocycles. The van der Waals surface area contributed by atoms with Crippen LogP contribution in [0.1, 0.15) is 22.0 Å². The molecule has 7 heteroatoms. The topological polar surface area (TPSA) is 35.9 Å². The summed E-state index contributed by atoms with van der Waals surface area (Å²) in [5.74, 6) is 0.758. The molecular weight excluding hydrogens is 1240 g/mol. The van der Waals surface area contributed by atoms with Crippen molar-refractivity contribution in [2.24, 2.45) is 0 Å². The summed E-state index contributed by atoms with van der Waals surface area (Å²) in [6.45, 7) is -2.85. The minimum Gasteiger partial charge on any atom is -0.510 e. The molecule has 0 atom stereocenters. The van der Waals surface area contributed by atoms with E-state index in [1.54, 1.807) is 6.07 Å². The first-order valence-electron chi connectivity index (χ1n) is 33.9. The van der Waals surface area contributed by atoms with Gasteiger partial charge in [0.05, 0.1) is 29.1 Å². The zero-order valence-corrected chi connectivity index (χ0v) is 48.9. The number of para-hydroxylation sites is 2. The van der Waals surface area contributed by atoms with Crippen LogP contribution in [0.25, 0.3) is 106 Å². The van der Waals surface area contributed by atoms with Gasteiger partial charge < -0.3 is 13.9 Å². The first kappa shape index (κ1) is 40.9. The van der Waals surface area contributed by atoms with E-state index in [0.717, 1.165) is 75.9 Å². The van der Waals surface area contributed by atoms with Crippen LogP contribution >= 0.6 is 0 Å². The van der Waals surface area contributed by atoms with Crippen molar-refractivity contribution in [3.05, 3.63) is 321 Å². The SMILES string of the molecule is [2H]c1cc(-c2cccc3c2-[n+]2[c-]n(-c4[c-]c(Oc5[c-]c6c(cc5)c5cc([Si](c7ccccc7)(c7ccccc7)c7ccccc7)ccc5n6-c5cc(C([2H])([2H])[2H])c(-c6c([2H])c([2H])c([2H])c([2H])c6[2H])cn5)ccc4)c4cccc(c42)-c2ccccc2-c2ccccc2-3)c([2H])c([2H])c1[2H].[Pt]. The quantitative estimate of drug-likeness (QED) is 0.0592. The van der Waals surface area contributed by atoms with Crippen molar-refractivity contribution in [3.63, 3.8) is 0 Å². The van der Waals surface area contributed by atoms with Crippen molar-refractivity contribution in [3.8, 4) is 84.3 Å². The number of aromatic nitrogens is 4. The van der Waals surface area contributed by atoms with Crippen LogP contribution in [-0.4, -0.2) is 22.2 Å². The average Bonchev–Trinajstić information content (AvgIpc) is 1.34. The van der Waals surface area contributed by atoms with Crippen LogP contribution in [0, 0.1) is 25.3 Å². The largest absolute Gasteiger partial charge is 0.510 e. The smallest absolute Gasteiger partial charge is 0.268 e. The predicted molar refractivity (Wildman–Crippen MR) is 349 cm³/mol. The minimum atomic E-state index is -3.12. The molecule has 5 nitrogen and oxygen atoms in total. The van der Waals surface area contributed by atoms with Crippen molar-refractivity contribution >= 4 is 61.7 Å². The molecule has 410 valence electrons. The van der Waals surface area contributed by atoms with Crippen LogP contribution in [0.3, 0.4) is 0 Å². The number of rotatable bonds is 10. The third kappa shape index (κ3) is 8.63. The third-order valence-corrected chi connectivity index (χ3v) is 21.1. The zero-order valence-electron chi connectivity index (χ0n) is 57.6. The van der Waals surface area contributed by atoms with E-state index in [0.29, 0.717) is 39.3 Å². The molecule has 0 N–H and O–H groups in total. The molecule has 0 spiro atoms. The second-order valence-electron chi connectivity index (χ2n) is 20.9. The van der Waals surface area contributed by atoms with Crippen LogP contribution in [0.5, 0.6) is 11.5 Å². The molecule has 12 aromatic carbocycles. The number of hydrogen-bond acceptors (Lipinski definition) is 2. The maximum absolute atomic E-state index is 9.28. The van der Waals surface area contributed by atoms with Crippen molar-refractivity contribution in [2.75, 3.05) is 0 Å². The number of pyridine rings is 1. The van der Waals surface area contributed by atoms with Crippen LogP contribution < -0.4 is 30.1 Å². The monoisotopic (exact) mass is 1310 g/mol. The molecular formula is C79H52N4OPtSi-2. The van der Waals surface area contributed by atoms with Gasteiger partial charge in [0.25, 0.3) is 6.33 Å². The Hall–Kier alpha value is -10.2. The molecule has 0 amide bonds. The standard InChI is InChI=1S/C79H52N4OSi.Pt/c1-54-48-77(80-52-73(54)56-26-9-3-10-27-56)83-74-47-45-63(85(60-30-11-4-12-31-60,61-32-13-5-14-33-61)62-34-15-6-16-35-62)51-72(74)69-46-44-59(50-76(69)83)84-58-29-21-28-57(49-58)81-53-82-78-64(55-24-7-2-8-25-55)40-22-41-70(78)67-38-19-17-36-65(67)66-37-18-20-39-68(66)71-42-23-43-75(81)79(71)82;/h2-48,51-52H,1H3;/q-2;/i1D3,2D,3D,7D,8D,9D,10D,24D,26D,27D;. The fraction of sp³-hybridized carbons (Fsp3) is 0.0127.